The van der Waals surface area contributed by atoms with Crippen molar-refractivity contribution in [3.8, 4) is 0 Å². The SMILES string of the molecule is CC1OCCC1N(C)C(C)CCNC1CC1. The van der Waals surface area contributed by atoms with Gasteiger partial charge >= 0.3 is 0 Å². The molecule has 3 unspecified atom stereocenters. The molecule has 1 aliphatic heterocycles. The monoisotopic (exact) mass is 226 g/mol. The van der Waals surface area contributed by atoms with Crippen molar-refractivity contribution in [2.24, 2.45) is 0 Å². The third-order valence-corrected chi connectivity index (χ3v) is 4.13. The summed E-state index contributed by atoms with van der Waals surface area (Å²) in [4.78, 5) is 2.51. The maximum Gasteiger partial charge on any atom is 0.0703 e. The molecule has 0 aromatic rings. The Hall–Kier alpha value is -0.120. The molecule has 3 nitrogen and oxygen atoms in total. The fourth-order valence-corrected chi connectivity index (χ4v) is 2.57. The van der Waals surface area contributed by atoms with E-state index in [9.17, 15) is 0 Å². The van der Waals surface area contributed by atoms with Crippen LogP contribution in [-0.2, 0) is 4.74 Å². The van der Waals surface area contributed by atoms with Crippen LogP contribution in [0.3, 0.4) is 0 Å². The molecule has 1 N–H and O–H groups in total. The second-order valence-electron chi connectivity index (χ2n) is 5.46. The van der Waals surface area contributed by atoms with Gasteiger partial charge < -0.3 is 10.1 Å². The molecule has 1 saturated carbocycles. The van der Waals surface area contributed by atoms with E-state index in [4.69, 9.17) is 4.74 Å². The minimum absolute atomic E-state index is 0.406. The highest BCUT2D eigenvalue weighted by molar-refractivity contribution is 4.85. The second kappa shape index (κ2) is 5.48. The van der Waals surface area contributed by atoms with Crippen molar-refractivity contribution < 1.29 is 4.74 Å². The number of hydrogen-bond donors (Lipinski definition) is 1. The molecule has 1 saturated heterocycles. The zero-order chi connectivity index (χ0) is 11.5. The molecular weight excluding hydrogens is 200 g/mol. The molecule has 2 fully saturated rings. The van der Waals surface area contributed by atoms with Gasteiger partial charge in [0.05, 0.1) is 6.10 Å². The third-order valence-electron chi connectivity index (χ3n) is 4.13. The predicted molar refractivity (Wildman–Crippen MR) is 66.7 cm³/mol. The van der Waals surface area contributed by atoms with Gasteiger partial charge in [0.15, 0.2) is 0 Å². The van der Waals surface area contributed by atoms with E-state index >= 15 is 0 Å². The Balaban J connectivity index is 1.67. The lowest BCUT2D eigenvalue weighted by Gasteiger charge is -2.32. The van der Waals surface area contributed by atoms with Crippen LogP contribution in [0.25, 0.3) is 0 Å². The first-order valence-corrected chi connectivity index (χ1v) is 6.75. The number of ether oxygens (including phenoxy) is 1. The van der Waals surface area contributed by atoms with Gasteiger partial charge in [-0.15, -0.1) is 0 Å². The predicted octanol–water partition coefficient (Wildman–Crippen LogP) is 1.63. The van der Waals surface area contributed by atoms with Crippen LogP contribution in [-0.4, -0.2) is 49.3 Å². The summed E-state index contributed by atoms with van der Waals surface area (Å²) in [6.07, 6.45) is 5.62. The zero-order valence-corrected chi connectivity index (χ0v) is 10.9. The summed E-state index contributed by atoms with van der Waals surface area (Å²) in [6.45, 7) is 6.63. The number of hydrogen-bond acceptors (Lipinski definition) is 3. The highest BCUT2D eigenvalue weighted by Gasteiger charge is 2.30. The maximum atomic E-state index is 5.63. The van der Waals surface area contributed by atoms with Crippen molar-refractivity contribution >= 4 is 0 Å². The Morgan fingerprint density at radius 1 is 1.38 bits per heavy atom. The van der Waals surface area contributed by atoms with Crippen molar-refractivity contribution in [3.63, 3.8) is 0 Å². The molecule has 16 heavy (non-hydrogen) atoms. The zero-order valence-electron chi connectivity index (χ0n) is 10.9. The number of nitrogens with one attached hydrogen (secondary N) is 1. The van der Waals surface area contributed by atoms with Crippen LogP contribution >= 0.6 is 0 Å². The lowest BCUT2D eigenvalue weighted by atomic mass is 10.1. The summed E-state index contributed by atoms with van der Waals surface area (Å²) in [5.74, 6) is 0. The normalized spacial score (nSPS) is 32.2. The molecule has 3 atom stereocenters. The first kappa shape index (κ1) is 12.3. The van der Waals surface area contributed by atoms with Gasteiger partial charge in [0.25, 0.3) is 0 Å². The molecule has 1 aliphatic carbocycles. The fraction of sp³-hybridized carbons (Fsp3) is 1.00. The van der Waals surface area contributed by atoms with Crippen molar-refractivity contribution in [2.45, 2.75) is 63.8 Å². The van der Waals surface area contributed by atoms with Gasteiger partial charge in [-0.2, -0.15) is 0 Å². The smallest absolute Gasteiger partial charge is 0.0703 e. The highest BCUT2D eigenvalue weighted by atomic mass is 16.5. The van der Waals surface area contributed by atoms with Crippen LogP contribution in [0.15, 0.2) is 0 Å². The lowest BCUT2D eigenvalue weighted by Crippen LogP contribution is -2.43. The van der Waals surface area contributed by atoms with Gasteiger partial charge in [0.1, 0.15) is 0 Å². The second-order valence-corrected chi connectivity index (χ2v) is 5.46. The van der Waals surface area contributed by atoms with Gasteiger partial charge in [-0.25, -0.2) is 0 Å². The Bertz CT molecular complexity index is 218. The minimum Gasteiger partial charge on any atom is -0.377 e. The fourth-order valence-electron chi connectivity index (χ4n) is 2.57. The quantitative estimate of drug-likeness (QED) is 0.745. The molecular formula is C13H26N2O. The first-order chi connectivity index (χ1) is 7.68. The van der Waals surface area contributed by atoms with Crippen molar-refractivity contribution in [1.82, 2.24) is 10.2 Å². The number of nitrogens with zero attached hydrogens (tertiary/aromatic N) is 1. The van der Waals surface area contributed by atoms with E-state index in [-0.39, 0.29) is 0 Å². The summed E-state index contributed by atoms with van der Waals surface area (Å²) < 4.78 is 5.63. The Labute approximate surface area is 99.5 Å². The summed E-state index contributed by atoms with van der Waals surface area (Å²) >= 11 is 0. The van der Waals surface area contributed by atoms with Crippen LogP contribution in [0.4, 0.5) is 0 Å². The van der Waals surface area contributed by atoms with E-state index in [0.717, 1.165) is 19.2 Å². The van der Waals surface area contributed by atoms with Gasteiger partial charge in [-0.3, -0.25) is 4.90 Å². The van der Waals surface area contributed by atoms with E-state index in [0.29, 0.717) is 18.2 Å². The van der Waals surface area contributed by atoms with Gasteiger partial charge in [0.2, 0.25) is 0 Å². The van der Waals surface area contributed by atoms with Gasteiger partial charge in [-0.1, -0.05) is 0 Å². The minimum atomic E-state index is 0.406. The maximum absolute atomic E-state index is 5.63. The summed E-state index contributed by atoms with van der Waals surface area (Å²) in [6, 6.07) is 2.11. The average molecular weight is 226 g/mol. The molecule has 3 heteroatoms. The Morgan fingerprint density at radius 3 is 2.69 bits per heavy atom. The third kappa shape index (κ3) is 3.19. The lowest BCUT2D eigenvalue weighted by molar-refractivity contribution is 0.0689. The van der Waals surface area contributed by atoms with Crippen molar-refractivity contribution in [3.05, 3.63) is 0 Å². The molecule has 0 aromatic heterocycles. The van der Waals surface area contributed by atoms with Crippen LogP contribution < -0.4 is 5.32 Å². The molecule has 94 valence electrons. The van der Waals surface area contributed by atoms with Gasteiger partial charge in [-0.05, 0) is 53.1 Å². The summed E-state index contributed by atoms with van der Waals surface area (Å²) in [7, 11) is 2.25. The van der Waals surface area contributed by atoms with Crippen LogP contribution in [0.5, 0.6) is 0 Å². The average Bonchev–Trinajstić information content (AvgIpc) is 2.98. The van der Waals surface area contributed by atoms with Crippen molar-refractivity contribution in [2.75, 3.05) is 20.2 Å². The first-order valence-electron chi connectivity index (χ1n) is 6.75. The van der Waals surface area contributed by atoms with Crippen LogP contribution in [0.2, 0.25) is 0 Å². The number of likely N-dealkylation sites (N-methyl/N-ethyl adjacent to an activating group) is 1. The van der Waals surface area contributed by atoms with E-state index < -0.39 is 0 Å². The molecule has 2 aliphatic rings. The van der Waals surface area contributed by atoms with E-state index in [1.54, 1.807) is 0 Å². The summed E-state index contributed by atoms with van der Waals surface area (Å²) in [5.41, 5.74) is 0. The van der Waals surface area contributed by atoms with Gasteiger partial charge in [0, 0.05) is 24.7 Å². The standard InChI is InChI=1S/C13H26N2O/c1-10(6-8-14-12-4-5-12)15(3)13-7-9-16-11(13)2/h10-14H,4-9H2,1-3H3. The Morgan fingerprint density at radius 2 is 2.12 bits per heavy atom. The molecule has 0 amide bonds. The number of rotatable bonds is 6. The van der Waals surface area contributed by atoms with Crippen LogP contribution in [0.1, 0.15) is 39.5 Å². The molecule has 0 radical (unpaired) electrons. The topological polar surface area (TPSA) is 24.5 Å². The van der Waals surface area contributed by atoms with E-state index in [2.05, 4.69) is 31.1 Å². The van der Waals surface area contributed by atoms with Crippen LogP contribution in [0, 0.1) is 0 Å². The molecule has 1 heterocycles. The molecule has 2 rings (SSSR count). The van der Waals surface area contributed by atoms with E-state index in [1.165, 1.54) is 25.7 Å². The van der Waals surface area contributed by atoms with E-state index in [1.807, 2.05) is 0 Å². The highest BCUT2D eigenvalue weighted by Crippen LogP contribution is 2.21. The largest absolute Gasteiger partial charge is 0.377 e. The summed E-state index contributed by atoms with van der Waals surface area (Å²) in [5, 5.41) is 3.59. The molecule has 0 spiro atoms. The molecule has 0 bridgehead atoms. The Kier molecular flexibility index (Phi) is 4.22. The van der Waals surface area contributed by atoms with Crippen molar-refractivity contribution in [1.29, 1.82) is 0 Å². The molecule has 0 aromatic carbocycles.